The number of hydrogen-bond donors (Lipinski definition) is 2. The van der Waals surface area contributed by atoms with Crippen LogP contribution in [-0.2, 0) is 11.2 Å². The second kappa shape index (κ2) is 8.20. The first kappa shape index (κ1) is 19.8. The predicted octanol–water partition coefficient (Wildman–Crippen LogP) is 1.23. The van der Waals surface area contributed by atoms with Crippen molar-refractivity contribution in [2.24, 2.45) is 5.73 Å². The highest BCUT2D eigenvalue weighted by atomic mass is 19.1. The van der Waals surface area contributed by atoms with Gasteiger partial charge in [0.2, 0.25) is 0 Å². The molecule has 5 rings (SSSR count). The molecule has 0 radical (unpaired) electrons. The maximum absolute atomic E-state index is 14.2. The standard InChI is InChI=1S/C21H24FN7O2/c22-13-8-15(17(25-10-13)9-14-12-31-7-4-24-14)18-2-1-5-28(18)19-3-6-29-21(27-19)16(11-26-29)20(23)30/h3,6,8,10-11,14,18,24H,1-2,4-5,7,9,12H2,(H2,23,30)/t14-,18-/m1/s1. The van der Waals surface area contributed by atoms with Gasteiger partial charge in [0.25, 0.3) is 5.91 Å². The number of fused-ring (bicyclic) bond motifs is 1. The van der Waals surface area contributed by atoms with Crippen LogP contribution in [0.2, 0.25) is 0 Å². The molecule has 0 bridgehead atoms. The van der Waals surface area contributed by atoms with Crippen molar-refractivity contribution in [2.75, 3.05) is 31.2 Å². The van der Waals surface area contributed by atoms with Crippen LogP contribution in [-0.4, -0.2) is 57.8 Å². The Kier molecular flexibility index (Phi) is 5.24. The Bertz CT molecular complexity index is 1110. The molecule has 2 atom stereocenters. The number of aromatic nitrogens is 4. The van der Waals surface area contributed by atoms with Crippen LogP contribution in [0.1, 0.15) is 40.5 Å². The highest BCUT2D eigenvalue weighted by molar-refractivity contribution is 5.98. The zero-order valence-electron chi connectivity index (χ0n) is 17.0. The smallest absolute Gasteiger partial charge is 0.254 e. The molecule has 2 saturated heterocycles. The van der Waals surface area contributed by atoms with Gasteiger partial charge in [0.1, 0.15) is 17.2 Å². The number of primary amides is 1. The van der Waals surface area contributed by atoms with Gasteiger partial charge in [-0.25, -0.2) is 13.9 Å². The molecule has 0 aliphatic carbocycles. The van der Waals surface area contributed by atoms with Gasteiger partial charge in [0.05, 0.1) is 31.6 Å². The number of nitrogens with zero attached hydrogens (tertiary/aromatic N) is 5. The minimum atomic E-state index is -0.573. The SMILES string of the molecule is NC(=O)c1cnn2ccc(N3CCC[C@@H]3c3cc(F)cnc3C[C@@H]3COCCN3)nc12. The summed E-state index contributed by atoms with van der Waals surface area (Å²) < 4.78 is 21.3. The van der Waals surface area contributed by atoms with Gasteiger partial charge >= 0.3 is 0 Å². The van der Waals surface area contributed by atoms with Gasteiger partial charge in [0.15, 0.2) is 5.65 Å². The summed E-state index contributed by atoms with van der Waals surface area (Å²) in [4.78, 5) is 22.9. The van der Waals surface area contributed by atoms with Gasteiger partial charge in [-0.2, -0.15) is 5.10 Å². The van der Waals surface area contributed by atoms with Gasteiger partial charge in [-0.05, 0) is 30.5 Å². The summed E-state index contributed by atoms with van der Waals surface area (Å²) in [6.07, 6.45) is 6.93. The van der Waals surface area contributed by atoms with Crippen molar-refractivity contribution in [3.8, 4) is 0 Å². The van der Waals surface area contributed by atoms with E-state index in [9.17, 15) is 9.18 Å². The molecule has 3 aromatic rings. The fourth-order valence-corrected chi connectivity index (χ4v) is 4.48. The molecule has 0 unspecified atom stereocenters. The zero-order valence-corrected chi connectivity index (χ0v) is 17.0. The van der Waals surface area contributed by atoms with E-state index in [1.807, 2.05) is 6.07 Å². The first-order valence-corrected chi connectivity index (χ1v) is 10.5. The summed E-state index contributed by atoms with van der Waals surface area (Å²) in [5.41, 5.74) is 7.88. The lowest BCUT2D eigenvalue weighted by atomic mass is 9.98. The second-order valence-corrected chi connectivity index (χ2v) is 7.95. The van der Waals surface area contributed by atoms with Crippen LogP contribution >= 0.6 is 0 Å². The largest absolute Gasteiger partial charge is 0.379 e. The number of carbonyl (C=O) groups excluding carboxylic acids is 1. The van der Waals surface area contributed by atoms with E-state index in [4.69, 9.17) is 10.5 Å². The van der Waals surface area contributed by atoms with E-state index in [1.54, 1.807) is 12.3 Å². The van der Waals surface area contributed by atoms with Crippen molar-refractivity contribution in [3.05, 3.63) is 53.4 Å². The van der Waals surface area contributed by atoms with E-state index < -0.39 is 5.91 Å². The maximum atomic E-state index is 14.2. The van der Waals surface area contributed by atoms with Crippen molar-refractivity contribution in [3.63, 3.8) is 0 Å². The van der Waals surface area contributed by atoms with Crippen LogP contribution in [0.3, 0.4) is 0 Å². The Hall–Kier alpha value is -3.11. The van der Waals surface area contributed by atoms with Crippen molar-refractivity contribution >= 4 is 17.4 Å². The van der Waals surface area contributed by atoms with Crippen LogP contribution in [0.25, 0.3) is 5.65 Å². The highest BCUT2D eigenvalue weighted by Gasteiger charge is 2.31. The van der Waals surface area contributed by atoms with E-state index in [2.05, 4.69) is 25.3 Å². The number of hydrogen-bond acceptors (Lipinski definition) is 7. The summed E-state index contributed by atoms with van der Waals surface area (Å²) >= 11 is 0. The van der Waals surface area contributed by atoms with Crippen LogP contribution in [0.5, 0.6) is 0 Å². The molecule has 2 aliphatic heterocycles. The Balaban J connectivity index is 1.49. The van der Waals surface area contributed by atoms with Crippen molar-refractivity contribution in [1.29, 1.82) is 0 Å². The number of ether oxygens (including phenoxy) is 1. The number of anilines is 1. The Morgan fingerprint density at radius 1 is 1.39 bits per heavy atom. The van der Waals surface area contributed by atoms with Crippen LogP contribution < -0.4 is 16.0 Å². The average molecular weight is 425 g/mol. The van der Waals surface area contributed by atoms with E-state index in [-0.39, 0.29) is 23.5 Å². The first-order chi connectivity index (χ1) is 15.1. The first-order valence-electron chi connectivity index (χ1n) is 10.5. The van der Waals surface area contributed by atoms with E-state index in [0.717, 1.165) is 37.2 Å². The van der Waals surface area contributed by atoms with E-state index in [1.165, 1.54) is 16.9 Å². The molecule has 9 nitrogen and oxygen atoms in total. The third kappa shape index (κ3) is 3.84. The van der Waals surface area contributed by atoms with Gasteiger partial charge < -0.3 is 20.7 Å². The fraction of sp³-hybridized carbons (Fsp3) is 0.429. The zero-order chi connectivity index (χ0) is 21.4. The van der Waals surface area contributed by atoms with Gasteiger partial charge in [-0.3, -0.25) is 9.78 Å². The molecule has 3 N–H and O–H groups in total. The molecule has 1 amide bonds. The number of nitrogens with one attached hydrogen (secondary N) is 1. The second-order valence-electron chi connectivity index (χ2n) is 7.95. The molecule has 5 heterocycles. The number of halogens is 1. The highest BCUT2D eigenvalue weighted by Crippen LogP contribution is 2.37. The number of morpholine rings is 1. The number of amides is 1. The summed E-state index contributed by atoms with van der Waals surface area (Å²) in [5, 5.41) is 7.57. The van der Waals surface area contributed by atoms with Crippen LogP contribution in [0.15, 0.2) is 30.7 Å². The molecular formula is C21H24FN7O2. The molecule has 3 aromatic heterocycles. The van der Waals surface area contributed by atoms with E-state index >= 15 is 0 Å². The number of nitrogens with two attached hydrogens (primary N) is 1. The third-order valence-corrected chi connectivity index (χ3v) is 5.93. The van der Waals surface area contributed by atoms with Crippen LogP contribution in [0.4, 0.5) is 10.2 Å². The Morgan fingerprint density at radius 3 is 3.10 bits per heavy atom. The maximum Gasteiger partial charge on any atom is 0.254 e. The fourth-order valence-electron chi connectivity index (χ4n) is 4.48. The van der Waals surface area contributed by atoms with Gasteiger partial charge in [-0.1, -0.05) is 0 Å². The number of rotatable bonds is 5. The Morgan fingerprint density at radius 2 is 2.29 bits per heavy atom. The number of carbonyl (C=O) groups is 1. The van der Waals surface area contributed by atoms with Crippen molar-refractivity contribution in [2.45, 2.75) is 31.3 Å². The lowest BCUT2D eigenvalue weighted by Gasteiger charge is -2.29. The minimum absolute atomic E-state index is 0.0578. The monoisotopic (exact) mass is 425 g/mol. The Labute approximate surface area is 178 Å². The normalized spacial score (nSPS) is 21.6. The predicted molar refractivity (Wildman–Crippen MR) is 111 cm³/mol. The average Bonchev–Trinajstić information content (AvgIpc) is 3.42. The number of pyridine rings is 1. The van der Waals surface area contributed by atoms with Crippen molar-refractivity contribution in [1.82, 2.24) is 24.9 Å². The molecule has 2 aliphatic rings. The van der Waals surface area contributed by atoms with Gasteiger partial charge in [-0.15, -0.1) is 0 Å². The summed E-state index contributed by atoms with van der Waals surface area (Å²) in [6, 6.07) is 3.53. The summed E-state index contributed by atoms with van der Waals surface area (Å²) in [5.74, 6) is -0.225. The lowest BCUT2D eigenvalue weighted by Crippen LogP contribution is -2.43. The topological polar surface area (TPSA) is 111 Å². The molecule has 162 valence electrons. The van der Waals surface area contributed by atoms with Crippen LogP contribution in [0, 0.1) is 5.82 Å². The summed E-state index contributed by atoms with van der Waals surface area (Å²) in [7, 11) is 0. The van der Waals surface area contributed by atoms with E-state index in [0.29, 0.717) is 31.1 Å². The molecule has 2 fully saturated rings. The molecule has 0 saturated carbocycles. The quantitative estimate of drug-likeness (QED) is 0.633. The third-order valence-electron chi connectivity index (χ3n) is 5.93. The molecule has 31 heavy (non-hydrogen) atoms. The molecule has 0 aromatic carbocycles. The minimum Gasteiger partial charge on any atom is -0.379 e. The molecule has 10 heteroatoms. The molecule has 0 spiro atoms. The van der Waals surface area contributed by atoms with Gasteiger partial charge in [0, 0.05) is 37.4 Å². The lowest BCUT2D eigenvalue weighted by molar-refractivity contribution is 0.0766. The summed E-state index contributed by atoms with van der Waals surface area (Å²) in [6.45, 7) is 2.89. The van der Waals surface area contributed by atoms with Crippen molar-refractivity contribution < 1.29 is 13.9 Å². The molecular weight excluding hydrogens is 401 g/mol.